The molecule has 4 aromatic rings. The molecule has 0 spiro atoms. The number of anilines is 1. The monoisotopic (exact) mass is 364 g/mol. The Bertz CT molecular complexity index is 1210. The second-order valence-corrected chi connectivity index (χ2v) is 6.94. The molecule has 0 radical (unpaired) electrons. The van der Waals surface area contributed by atoms with Crippen molar-refractivity contribution in [3.8, 4) is 0 Å². The minimum absolute atomic E-state index is 0.199. The number of thiazole rings is 1. The molecule has 4 rings (SSSR count). The van der Waals surface area contributed by atoms with Crippen LogP contribution >= 0.6 is 11.3 Å². The summed E-state index contributed by atoms with van der Waals surface area (Å²) in [5, 5.41) is 8.62. The third kappa shape index (κ3) is 2.66. The Morgan fingerprint density at radius 1 is 1.15 bits per heavy atom. The van der Waals surface area contributed by atoms with Crippen LogP contribution in [0.5, 0.6) is 0 Å². The Hall–Kier alpha value is -3.06. The minimum atomic E-state index is -0.375. The number of amides is 1. The predicted octanol–water partition coefficient (Wildman–Crippen LogP) is 3.59. The predicted molar refractivity (Wildman–Crippen MR) is 104 cm³/mol. The summed E-state index contributed by atoms with van der Waals surface area (Å²) in [7, 11) is 0. The van der Waals surface area contributed by atoms with Crippen molar-refractivity contribution in [3.05, 3.63) is 64.1 Å². The molecule has 130 valence electrons. The number of hydrogen-bond donors (Lipinski definition) is 1. The topological polar surface area (TPSA) is 76.9 Å². The lowest BCUT2D eigenvalue weighted by Gasteiger charge is -2.08. The molecule has 1 N–H and O–H groups in total. The number of aryl methyl sites for hydroxylation is 2. The van der Waals surface area contributed by atoms with E-state index in [1.165, 1.54) is 16.0 Å². The summed E-state index contributed by atoms with van der Waals surface area (Å²) in [5.41, 5.74) is 1.96. The van der Waals surface area contributed by atoms with Gasteiger partial charge in [-0.2, -0.15) is 5.10 Å². The van der Waals surface area contributed by atoms with Crippen LogP contribution in [0, 0.1) is 6.92 Å². The third-order valence-electron chi connectivity index (χ3n) is 4.22. The highest BCUT2D eigenvalue weighted by Crippen LogP contribution is 2.28. The molecule has 6 nitrogen and oxygen atoms in total. The molecule has 26 heavy (non-hydrogen) atoms. The highest BCUT2D eigenvalue weighted by atomic mass is 32.1. The Labute approximate surface area is 153 Å². The first kappa shape index (κ1) is 16.4. The fourth-order valence-corrected chi connectivity index (χ4v) is 3.85. The fourth-order valence-electron chi connectivity index (χ4n) is 2.91. The molecule has 0 fully saturated rings. The van der Waals surface area contributed by atoms with E-state index in [0.717, 1.165) is 15.8 Å². The van der Waals surface area contributed by atoms with Crippen molar-refractivity contribution in [3.63, 3.8) is 0 Å². The Balaban J connectivity index is 1.79. The van der Waals surface area contributed by atoms with Gasteiger partial charge in [0.2, 0.25) is 0 Å². The molecule has 2 heterocycles. The largest absolute Gasteiger partial charge is 0.296 e. The lowest BCUT2D eigenvalue weighted by atomic mass is 10.1. The first-order valence-corrected chi connectivity index (χ1v) is 9.07. The molecule has 1 amide bonds. The van der Waals surface area contributed by atoms with E-state index in [4.69, 9.17) is 0 Å². The zero-order valence-corrected chi connectivity index (χ0v) is 15.1. The van der Waals surface area contributed by atoms with Crippen LogP contribution in [0.15, 0.2) is 47.3 Å². The molecule has 0 aliphatic heterocycles. The SMILES string of the molecule is CCn1nc(C(=O)Nc2nc3c(C)cccc3s2)c2ccccc2c1=O. The first-order valence-electron chi connectivity index (χ1n) is 8.26. The molecule has 0 saturated heterocycles. The average Bonchev–Trinajstić information content (AvgIpc) is 3.06. The first-order chi connectivity index (χ1) is 12.6. The van der Waals surface area contributed by atoms with Gasteiger partial charge in [-0.1, -0.05) is 41.7 Å². The van der Waals surface area contributed by atoms with E-state index >= 15 is 0 Å². The van der Waals surface area contributed by atoms with Gasteiger partial charge in [-0.15, -0.1) is 0 Å². The van der Waals surface area contributed by atoms with E-state index < -0.39 is 0 Å². The van der Waals surface area contributed by atoms with E-state index in [-0.39, 0.29) is 17.2 Å². The van der Waals surface area contributed by atoms with Gasteiger partial charge in [-0.05, 0) is 31.5 Å². The number of para-hydroxylation sites is 1. The summed E-state index contributed by atoms with van der Waals surface area (Å²) < 4.78 is 2.32. The molecule has 0 unspecified atom stereocenters. The van der Waals surface area contributed by atoms with E-state index in [2.05, 4.69) is 15.4 Å². The van der Waals surface area contributed by atoms with E-state index in [0.29, 0.717) is 22.4 Å². The molecule has 2 aromatic carbocycles. The molecule has 0 saturated carbocycles. The van der Waals surface area contributed by atoms with Gasteiger partial charge in [0.1, 0.15) is 0 Å². The number of aromatic nitrogens is 3. The van der Waals surface area contributed by atoms with Gasteiger partial charge in [0.05, 0.1) is 15.6 Å². The summed E-state index contributed by atoms with van der Waals surface area (Å²) in [6, 6.07) is 12.9. The Morgan fingerprint density at radius 3 is 2.65 bits per heavy atom. The highest BCUT2D eigenvalue weighted by Gasteiger charge is 2.18. The third-order valence-corrected chi connectivity index (χ3v) is 5.16. The number of nitrogens with zero attached hydrogens (tertiary/aromatic N) is 3. The maximum Gasteiger partial charge on any atom is 0.278 e. The van der Waals surface area contributed by atoms with Crippen molar-refractivity contribution in [2.45, 2.75) is 20.4 Å². The lowest BCUT2D eigenvalue weighted by Crippen LogP contribution is -2.27. The van der Waals surface area contributed by atoms with Crippen LogP contribution in [0.1, 0.15) is 23.0 Å². The quantitative estimate of drug-likeness (QED) is 0.603. The van der Waals surface area contributed by atoms with Crippen LogP contribution in [0.2, 0.25) is 0 Å². The van der Waals surface area contributed by atoms with Crippen molar-refractivity contribution >= 4 is 43.4 Å². The normalized spacial score (nSPS) is 11.2. The van der Waals surface area contributed by atoms with Gasteiger partial charge in [-0.25, -0.2) is 9.67 Å². The molecule has 2 aromatic heterocycles. The maximum atomic E-state index is 12.8. The fraction of sp³-hybridized carbons (Fsp3) is 0.158. The van der Waals surface area contributed by atoms with Crippen molar-refractivity contribution in [1.82, 2.24) is 14.8 Å². The zero-order chi connectivity index (χ0) is 18.3. The molecule has 0 aliphatic carbocycles. The van der Waals surface area contributed by atoms with Crippen molar-refractivity contribution < 1.29 is 4.79 Å². The molecular formula is C19H16N4O2S. The lowest BCUT2D eigenvalue weighted by molar-refractivity contribution is 0.102. The summed E-state index contributed by atoms with van der Waals surface area (Å²) in [6.07, 6.45) is 0. The van der Waals surface area contributed by atoms with Gasteiger partial charge < -0.3 is 0 Å². The minimum Gasteiger partial charge on any atom is -0.296 e. The van der Waals surface area contributed by atoms with Gasteiger partial charge in [0.25, 0.3) is 11.5 Å². The second-order valence-electron chi connectivity index (χ2n) is 5.91. The van der Waals surface area contributed by atoms with Crippen LogP contribution in [-0.4, -0.2) is 20.7 Å². The standard InChI is InChI=1S/C19H16N4O2S/c1-3-23-18(25)13-9-5-4-8-12(13)16(22-23)17(24)21-19-20-15-11(2)7-6-10-14(15)26-19/h4-10H,3H2,1-2H3,(H,20,21,24). The number of nitrogens with one attached hydrogen (secondary N) is 1. The molecule has 0 bridgehead atoms. The number of carbonyl (C=O) groups excluding carboxylic acids is 1. The average molecular weight is 364 g/mol. The van der Waals surface area contributed by atoms with Gasteiger partial charge >= 0.3 is 0 Å². The Morgan fingerprint density at radius 2 is 1.92 bits per heavy atom. The van der Waals surface area contributed by atoms with Gasteiger partial charge in [0.15, 0.2) is 10.8 Å². The van der Waals surface area contributed by atoms with Crippen LogP contribution in [0.25, 0.3) is 21.0 Å². The van der Waals surface area contributed by atoms with Crippen LogP contribution < -0.4 is 10.9 Å². The molecule has 0 atom stereocenters. The van der Waals surface area contributed by atoms with Crippen molar-refractivity contribution in [2.75, 3.05) is 5.32 Å². The van der Waals surface area contributed by atoms with Gasteiger partial charge in [0, 0.05) is 11.9 Å². The Kier molecular flexibility index (Phi) is 4.00. The number of carbonyl (C=O) groups is 1. The molecular weight excluding hydrogens is 348 g/mol. The van der Waals surface area contributed by atoms with Crippen molar-refractivity contribution in [2.24, 2.45) is 0 Å². The van der Waals surface area contributed by atoms with E-state index in [9.17, 15) is 9.59 Å². The highest BCUT2D eigenvalue weighted by molar-refractivity contribution is 7.22. The van der Waals surface area contributed by atoms with Crippen LogP contribution in [0.3, 0.4) is 0 Å². The van der Waals surface area contributed by atoms with E-state index in [1.807, 2.05) is 32.0 Å². The number of rotatable bonds is 3. The number of benzene rings is 2. The van der Waals surface area contributed by atoms with Crippen LogP contribution in [-0.2, 0) is 6.54 Å². The summed E-state index contributed by atoms with van der Waals surface area (Å²) in [5.74, 6) is -0.375. The van der Waals surface area contributed by atoms with Crippen molar-refractivity contribution in [1.29, 1.82) is 0 Å². The second kappa shape index (κ2) is 6.34. The van der Waals surface area contributed by atoms with Crippen LogP contribution in [0.4, 0.5) is 5.13 Å². The summed E-state index contributed by atoms with van der Waals surface area (Å²) >= 11 is 1.41. The van der Waals surface area contributed by atoms with E-state index in [1.54, 1.807) is 24.3 Å². The molecule has 0 aliphatic rings. The van der Waals surface area contributed by atoms with Gasteiger partial charge in [-0.3, -0.25) is 14.9 Å². The smallest absolute Gasteiger partial charge is 0.278 e. The number of fused-ring (bicyclic) bond motifs is 2. The summed E-state index contributed by atoms with van der Waals surface area (Å²) in [4.78, 5) is 29.8. The number of hydrogen-bond acceptors (Lipinski definition) is 5. The molecule has 7 heteroatoms. The summed E-state index contributed by atoms with van der Waals surface area (Å²) in [6.45, 7) is 4.20. The zero-order valence-electron chi connectivity index (χ0n) is 14.3. The maximum absolute atomic E-state index is 12.8.